The summed E-state index contributed by atoms with van der Waals surface area (Å²) in [5, 5.41) is 2.46. The normalized spacial score (nSPS) is 23.6. The number of nitrogens with zero attached hydrogens (tertiary/aromatic N) is 4. The van der Waals surface area contributed by atoms with Crippen LogP contribution < -0.4 is 10.2 Å². The molecule has 2 aliphatic heterocycles. The van der Waals surface area contributed by atoms with Crippen LogP contribution in [0.3, 0.4) is 0 Å². The minimum atomic E-state index is -3.17. The summed E-state index contributed by atoms with van der Waals surface area (Å²) in [6.07, 6.45) is 10.2. The first kappa shape index (κ1) is 34.0. The van der Waals surface area contributed by atoms with Crippen molar-refractivity contribution in [2.45, 2.75) is 86.5 Å². The van der Waals surface area contributed by atoms with E-state index in [0.29, 0.717) is 17.4 Å². The van der Waals surface area contributed by atoms with Gasteiger partial charge in [0.2, 0.25) is 0 Å². The third-order valence-corrected chi connectivity index (χ3v) is 14.1. The molecule has 1 aromatic heterocycles. The Bertz CT molecular complexity index is 1710. The average molecular weight is 692 g/mol. The fraction of sp³-hybridized carbons (Fsp3) is 0.579. The van der Waals surface area contributed by atoms with Crippen LogP contribution in [0.4, 0.5) is 14.9 Å². The van der Waals surface area contributed by atoms with Gasteiger partial charge in [0.25, 0.3) is 0 Å². The number of imidazole rings is 1. The van der Waals surface area contributed by atoms with Gasteiger partial charge in [-0.05, 0) is 106 Å². The van der Waals surface area contributed by atoms with Crippen LogP contribution in [0.1, 0.15) is 63.3 Å². The first-order valence-corrected chi connectivity index (χ1v) is 19.7. The van der Waals surface area contributed by atoms with E-state index >= 15 is 4.39 Å². The number of anilines is 1. The van der Waals surface area contributed by atoms with Crippen LogP contribution in [0.2, 0.25) is 0 Å². The Morgan fingerprint density at radius 1 is 1.04 bits per heavy atom. The van der Waals surface area contributed by atoms with E-state index in [1.54, 1.807) is 25.2 Å². The van der Waals surface area contributed by atoms with Crippen LogP contribution in [0.15, 0.2) is 65.8 Å². The van der Waals surface area contributed by atoms with E-state index < -0.39 is 21.3 Å². The van der Waals surface area contributed by atoms with Crippen molar-refractivity contribution in [2.24, 2.45) is 17.8 Å². The van der Waals surface area contributed by atoms with E-state index in [-0.39, 0.29) is 29.0 Å². The number of carbonyl (C=O) groups excluding carboxylic acids is 1. The molecule has 1 N–H and O–H groups in total. The second-order valence-corrected chi connectivity index (χ2v) is 16.9. The Hall–Kier alpha value is -3.44. The molecule has 264 valence electrons. The summed E-state index contributed by atoms with van der Waals surface area (Å²) in [5.74, 6) is 1.63. The van der Waals surface area contributed by atoms with Gasteiger partial charge in [-0.3, -0.25) is 0 Å². The number of benzene rings is 2. The predicted octanol–water partition coefficient (Wildman–Crippen LogP) is 5.83. The number of halogens is 1. The first-order chi connectivity index (χ1) is 23.7. The SMILES string of the molecule is CCc1nccn1CC(c1cccc(F)c1)(C1CCN(CC2CN(c3ccc(S(=O)(=O)C4CC4)cc3)C2)CC1)C1CCCC1OC(=O)NC. The van der Waals surface area contributed by atoms with Crippen LogP contribution in [0, 0.1) is 23.6 Å². The average Bonchev–Trinajstić information content (AvgIpc) is 3.72. The highest BCUT2D eigenvalue weighted by molar-refractivity contribution is 7.92. The molecule has 7 rings (SSSR count). The minimum Gasteiger partial charge on any atom is -0.446 e. The molecule has 3 aromatic rings. The molecule has 2 saturated heterocycles. The number of piperidine rings is 1. The summed E-state index contributed by atoms with van der Waals surface area (Å²) in [7, 11) is -1.57. The summed E-state index contributed by atoms with van der Waals surface area (Å²) in [5.41, 5.74) is 1.63. The zero-order chi connectivity index (χ0) is 34.2. The number of carbonyl (C=O) groups is 1. The lowest BCUT2D eigenvalue weighted by molar-refractivity contribution is 0.00161. The molecule has 4 aliphatic rings. The largest absolute Gasteiger partial charge is 0.446 e. The van der Waals surface area contributed by atoms with Crippen LogP contribution in [-0.4, -0.2) is 80.1 Å². The molecule has 9 nitrogen and oxygen atoms in total. The number of hydrogen-bond donors (Lipinski definition) is 1. The maximum atomic E-state index is 15.1. The predicted molar refractivity (Wildman–Crippen MR) is 188 cm³/mol. The minimum absolute atomic E-state index is 0.0427. The Morgan fingerprint density at radius 3 is 2.47 bits per heavy atom. The molecule has 2 saturated carbocycles. The Labute approximate surface area is 290 Å². The number of sulfone groups is 1. The number of hydrogen-bond acceptors (Lipinski definition) is 7. The molecular weight excluding hydrogens is 642 g/mol. The lowest BCUT2D eigenvalue weighted by atomic mass is 9.58. The number of aryl methyl sites for hydroxylation is 1. The first-order valence-electron chi connectivity index (χ1n) is 18.2. The fourth-order valence-electron chi connectivity index (χ4n) is 9.11. The van der Waals surface area contributed by atoms with Gasteiger partial charge < -0.3 is 24.4 Å². The van der Waals surface area contributed by atoms with Gasteiger partial charge in [-0.25, -0.2) is 22.6 Å². The molecule has 49 heavy (non-hydrogen) atoms. The number of aromatic nitrogens is 2. The second-order valence-electron chi connectivity index (χ2n) is 14.7. The maximum Gasteiger partial charge on any atom is 0.407 e. The van der Waals surface area contributed by atoms with Gasteiger partial charge >= 0.3 is 6.09 Å². The van der Waals surface area contributed by atoms with Crippen molar-refractivity contribution < 1.29 is 22.3 Å². The van der Waals surface area contributed by atoms with Crippen molar-refractivity contribution in [3.63, 3.8) is 0 Å². The van der Waals surface area contributed by atoms with E-state index in [2.05, 4.69) is 37.7 Å². The van der Waals surface area contributed by atoms with Crippen molar-refractivity contribution >= 4 is 21.6 Å². The quantitative estimate of drug-likeness (QED) is 0.255. The van der Waals surface area contributed by atoms with E-state index in [0.717, 1.165) is 101 Å². The number of rotatable bonds is 12. The standard InChI is InChI=1S/C38H50FN5O4S/c1-3-36-41-18-21-43(36)26-38(29-6-4-7-30(39)22-29,34-8-5-9-35(34)48-37(45)40-2)28-16-19-42(20-17-28)23-27-24-44(25-27)31-10-12-32(13-11-31)49(46,47)33-14-15-33/h4,6-7,10-13,18,21-22,27-28,33-35H,3,5,8-9,14-17,19-20,23-26H2,1-2H3,(H,40,45). The Balaban J connectivity index is 1.07. The monoisotopic (exact) mass is 691 g/mol. The van der Waals surface area contributed by atoms with Crippen LogP contribution >= 0.6 is 0 Å². The van der Waals surface area contributed by atoms with Gasteiger partial charge in [0.05, 0.1) is 10.1 Å². The van der Waals surface area contributed by atoms with Crippen molar-refractivity contribution in [1.82, 2.24) is 19.8 Å². The second kappa shape index (κ2) is 14.1. The summed E-state index contributed by atoms with van der Waals surface area (Å²) < 4.78 is 48.6. The van der Waals surface area contributed by atoms with Crippen LogP contribution in [-0.2, 0) is 33.0 Å². The number of nitrogens with one attached hydrogen (secondary N) is 1. The molecule has 3 atom stereocenters. The maximum absolute atomic E-state index is 15.1. The van der Waals surface area contributed by atoms with E-state index in [1.165, 1.54) is 6.07 Å². The molecule has 1 amide bonds. The molecule has 4 fully saturated rings. The smallest absolute Gasteiger partial charge is 0.407 e. The Kier molecular flexibility index (Phi) is 9.76. The zero-order valence-corrected chi connectivity index (χ0v) is 29.6. The van der Waals surface area contributed by atoms with Gasteiger partial charge in [0, 0.05) is 75.0 Å². The number of ether oxygens (including phenoxy) is 1. The molecule has 3 heterocycles. The van der Waals surface area contributed by atoms with Crippen molar-refractivity contribution in [3.8, 4) is 0 Å². The summed E-state index contributed by atoms with van der Waals surface area (Å²) >= 11 is 0. The van der Waals surface area contributed by atoms with Crippen LogP contribution in [0.25, 0.3) is 0 Å². The van der Waals surface area contributed by atoms with Gasteiger partial charge in [0.1, 0.15) is 17.7 Å². The van der Waals surface area contributed by atoms with Gasteiger partial charge in [-0.15, -0.1) is 0 Å². The molecule has 2 aromatic carbocycles. The van der Waals surface area contributed by atoms with Crippen LogP contribution in [0.5, 0.6) is 0 Å². The lowest BCUT2D eigenvalue weighted by Gasteiger charge is -2.51. The third kappa shape index (κ3) is 6.85. The summed E-state index contributed by atoms with van der Waals surface area (Å²) in [6.45, 7) is 7.66. The number of amides is 1. The van der Waals surface area contributed by atoms with Crippen molar-refractivity contribution in [2.75, 3.05) is 44.7 Å². The molecule has 2 aliphatic carbocycles. The zero-order valence-electron chi connectivity index (χ0n) is 28.8. The highest BCUT2D eigenvalue weighted by Gasteiger charge is 2.53. The van der Waals surface area contributed by atoms with E-state index in [4.69, 9.17) is 4.74 Å². The van der Waals surface area contributed by atoms with E-state index in [9.17, 15) is 13.2 Å². The van der Waals surface area contributed by atoms with Crippen molar-refractivity contribution in [1.29, 1.82) is 0 Å². The highest BCUT2D eigenvalue weighted by atomic mass is 32.2. The van der Waals surface area contributed by atoms with Gasteiger partial charge in [-0.1, -0.05) is 19.1 Å². The summed E-state index contributed by atoms with van der Waals surface area (Å²) in [4.78, 5) is 22.6. The topological polar surface area (TPSA) is 96.8 Å². The molecule has 0 radical (unpaired) electrons. The van der Waals surface area contributed by atoms with Gasteiger partial charge in [0.15, 0.2) is 9.84 Å². The number of likely N-dealkylation sites (tertiary alicyclic amines) is 1. The van der Waals surface area contributed by atoms with E-state index in [1.807, 2.05) is 30.6 Å². The van der Waals surface area contributed by atoms with Crippen molar-refractivity contribution in [3.05, 3.63) is 78.1 Å². The molecule has 0 spiro atoms. The fourth-order valence-corrected chi connectivity index (χ4v) is 10.8. The summed E-state index contributed by atoms with van der Waals surface area (Å²) in [6, 6.07) is 14.6. The highest BCUT2D eigenvalue weighted by Crippen LogP contribution is 2.52. The molecule has 0 bridgehead atoms. The molecular formula is C38H50FN5O4S. The Morgan fingerprint density at radius 2 is 1.80 bits per heavy atom. The lowest BCUT2D eigenvalue weighted by Crippen LogP contribution is -2.55. The number of alkyl carbamates (subject to hydrolysis) is 1. The molecule has 3 unspecified atom stereocenters. The molecule has 11 heteroatoms. The third-order valence-electron chi connectivity index (χ3n) is 11.8. The van der Waals surface area contributed by atoms with Gasteiger partial charge in [-0.2, -0.15) is 0 Å².